The van der Waals surface area contributed by atoms with E-state index in [0.29, 0.717) is 12.3 Å². The molecule has 0 saturated carbocycles. The molecule has 1 aliphatic heterocycles. The number of halogens is 5. The molecule has 0 spiro atoms. The highest BCUT2D eigenvalue weighted by Crippen LogP contribution is 2.31. The first-order valence-corrected chi connectivity index (χ1v) is 12.7. The van der Waals surface area contributed by atoms with E-state index in [4.69, 9.17) is 23.8 Å². The van der Waals surface area contributed by atoms with E-state index < -0.39 is 69.1 Å². The quantitative estimate of drug-likeness (QED) is 0.329. The van der Waals surface area contributed by atoms with E-state index in [9.17, 15) is 22.8 Å². The van der Waals surface area contributed by atoms with Gasteiger partial charge in [0, 0.05) is 42.9 Å². The van der Waals surface area contributed by atoms with E-state index in [1.165, 1.54) is 27.0 Å². The van der Waals surface area contributed by atoms with Crippen LogP contribution in [0.4, 0.5) is 17.6 Å². The molecule has 10 nitrogen and oxygen atoms in total. The van der Waals surface area contributed by atoms with Gasteiger partial charge in [0.2, 0.25) is 5.91 Å². The van der Waals surface area contributed by atoms with Crippen molar-refractivity contribution in [3.63, 3.8) is 0 Å². The second kappa shape index (κ2) is 11.2. The lowest BCUT2D eigenvalue weighted by atomic mass is 10.0. The molecular formula is C27H23ClF4N6O4. The molecule has 1 N–H and O–H groups in total. The minimum Gasteiger partial charge on any atom is -0.485 e. The van der Waals surface area contributed by atoms with Gasteiger partial charge in [-0.05, 0) is 13.8 Å². The maximum Gasteiger partial charge on any atom is 0.278 e. The van der Waals surface area contributed by atoms with Crippen LogP contribution in [0.1, 0.15) is 46.2 Å². The third-order valence-electron chi connectivity index (χ3n) is 6.26. The maximum atomic E-state index is 16.3. The van der Waals surface area contributed by atoms with Gasteiger partial charge < -0.3 is 14.8 Å². The van der Waals surface area contributed by atoms with Crippen molar-refractivity contribution in [2.24, 2.45) is 0 Å². The van der Waals surface area contributed by atoms with Gasteiger partial charge in [-0.2, -0.15) is 5.10 Å². The normalized spacial score (nSPS) is 14.2. The monoisotopic (exact) mass is 608 g/mol. The molecule has 0 atom stereocenters. The molecule has 1 aliphatic rings. The van der Waals surface area contributed by atoms with Crippen molar-refractivity contribution in [1.29, 1.82) is 0 Å². The highest BCUT2D eigenvalue weighted by Gasteiger charge is 2.31. The molecule has 42 heavy (non-hydrogen) atoms. The predicted octanol–water partition coefficient (Wildman–Crippen LogP) is 4.05. The van der Waals surface area contributed by atoms with Crippen LogP contribution in [0.3, 0.4) is 0 Å². The Bertz CT molecular complexity index is 1870. The number of hydrogen-bond donors (Lipinski definition) is 1. The number of hydrogen-bond acceptors (Lipinski definition) is 7. The van der Waals surface area contributed by atoms with Gasteiger partial charge in [-0.15, -0.1) is 0 Å². The van der Waals surface area contributed by atoms with Crippen LogP contribution in [0.2, 0.25) is 5.02 Å². The fourth-order valence-corrected chi connectivity index (χ4v) is 4.64. The Morgan fingerprint density at radius 2 is 1.98 bits per heavy atom. The molecule has 5 heterocycles. The Labute approximate surface area is 243 Å². The van der Waals surface area contributed by atoms with Crippen LogP contribution in [-0.4, -0.2) is 36.8 Å². The Morgan fingerprint density at radius 3 is 2.69 bits per heavy atom. The smallest absolute Gasteiger partial charge is 0.278 e. The third kappa shape index (κ3) is 5.46. The van der Waals surface area contributed by atoms with Crippen LogP contribution in [-0.2, 0) is 34.7 Å². The molecule has 0 saturated heterocycles. The van der Waals surface area contributed by atoms with Crippen molar-refractivity contribution in [2.45, 2.75) is 45.9 Å². The predicted molar refractivity (Wildman–Crippen MR) is 141 cm³/mol. The van der Waals surface area contributed by atoms with Crippen molar-refractivity contribution in [3.8, 4) is 17.3 Å². The van der Waals surface area contributed by atoms with Crippen LogP contribution < -0.4 is 15.6 Å². The zero-order valence-electron chi connectivity index (χ0n) is 24.3. The Morgan fingerprint density at radius 1 is 1.21 bits per heavy atom. The highest BCUT2D eigenvalue weighted by molar-refractivity contribution is 6.31. The lowest BCUT2D eigenvalue weighted by Crippen LogP contribution is -2.40. The first-order valence-electron chi connectivity index (χ1n) is 13.4. The number of aromatic nitrogens is 5. The number of carbonyl (C=O) groups excluding carboxylic acids is 1. The summed E-state index contributed by atoms with van der Waals surface area (Å²) in [6.45, 7) is 1.14. The van der Waals surface area contributed by atoms with Gasteiger partial charge >= 0.3 is 0 Å². The summed E-state index contributed by atoms with van der Waals surface area (Å²) in [5, 5.41) is 5.98. The van der Waals surface area contributed by atoms with Crippen LogP contribution in [0, 0.1) is 23.3 Å². The van der Waals surface area contributed by atoms with Gasteiger partial charge in [0.25, 0.3) is 5.56 Å². The maximum absolute atomic E-state index is 16.3. The topological polar surface area (TPSA) is 113 Å². The van der Waals surface area contributed by atoms with Gasteiger partial charge in [0.05, 0.1) is 39.6 Å². The number of amides is 1. The summed E-state index contributed by atoms with van der Waals surface area (Å²) in [6, 6.07) is 1.57. The van der Waals surface area contributed by atoms with E-state index in [2.05, 4.69) is 20.4 Å². The van der Waals surface area contributed by atoms with Gasteiger partial charge in [-0.25, -0.2) is 27.2 Å². The molecule has 0 aliphatic carbocycles. The highest BCUT2D eigenvalue weighted by atomic mass is 35.5. The molecule has 0 bridgehead atoms. The SMILES string of the molecule is [2H]C([2H])(Oc1cc2n(c(=O)c1Cl)-c1c(cnc(-n3cc(F)c(C(C)(C)NC(C)=O)n3)c1F)COCC2)c1ncc(F)cc1F. The third-order valence-corrected chi connectivity index (χ3v) is 6.61. The largest absolute Gasteiger partial charge is 0.485 e. The number of carbonyl (C=O) groups is 1. The molecular weight excluding hydrogens is 584 g/mol. The number of nitrogens with zero attached hydrogens (tertiary/aromatic N) is 5. The summed E-state index contributed by atoms with van der Waals surface area (Å²) in [7, 11) is 0. The molecule has 4 aromatic rings. The molecule has 0 unspecified atom stereocenters. The minimum atomic E-state index is -3.00. The summed E-state index contributed by atoms with van der Waals surface area (Å²) in [4.78, 5) is 32.7. The first kappa shape index (κ1) is 26.6. The summed E-state index contributed by atoms with van der Waals surface area (Å²) in [5.41, 5.74) is -3.54. The van der Waals surface area contributed by atoms with Crippen molar-refractivity contribution >= 4 is 17.5 Å². The zero-order valence-corrected chi connectivity index (χ0v) is 23.0. The Balaban J connectivity index is 1.63. The first-order chi connectivity index (χ1) is 20.6. The average Bonchev–Trinajstić information content (AvgIpc) is 3.30. The molecule has 15 heteroatoms. The average molecular weight is 609 g/mol. The van der Waals surface area contributed by atoms with Gasteiger partial charge in [0.15, 0.2) is 23.3 Å². The second-order valence-corrected chi connectivity index (χ2v) is 10.2. The van der Waals surface area contributed by atoms with E-state index in [0.717, 1.165) is 21.5 Å². The van der Waals surface area contributed by atoms with Crippen LogP contribution in [0.15, 0.2) is 35.5 Å². The van der Waals surface area contributed by atoms with Crippen molar-refractivity contribution < 1.29 is 34.6 Å². The summed E-state index contributed by atoms with van der Waals surface area (Å²) >= 11 is 6.30. The summed E-state index contributed by atoms with van der Waals surface area (Å²) in [5.74, 6) is -5.79. The summed E-state index contributed by atoms with van der Waals surface area (Å²) in [6.07, 6.45) is 2.67. The molecule has 0 fully saturated rings. The lowest BCUT2D eigenvalue weighted by molar-refractivity contribution is -0.120. The summed E-state index contributed by atoms with van der Waals surface area (Å²) < 4.78 is 87.9. The van der Waals surface area contributed by atoms with Gasteiger partial charge in [-0.3, -0.25) is 19.1 Å². The van der Waals surface area contributed by atoms with E-state index in [1.54, 1.807) is 0 Å². The molecule has 1 amide bonds. The van der Waals surface area contributed by atoms with E-state index in [-0.39, 0.29) is 42.3 Å². The molecule has 5 rings (SSSR count). The molecule has 220 valence electrons. The van der Waals surface area contributed by atoms with Crippen molar-refractivity contribution in [3.05, 3.63) is 92.0 Å². The fourth-order valence-electron chi connectivity index (χ4n) is 4.46. The molecule has 4 aromatic heterocycles. The standard InChI is InChI=1S/C27H23ClF4N6O4/c1-13(39)35-27(2,3)24-18(31)10-37(36-24)25-22(32)23-14(8-34-25)11-41-5-4-16-7-20(21(28)26(40)38(16)23)42-12-19-17(30)6-15(29)9-33-19/h6-10H,4-5,11-12H2,1-3H3,(H,35,39)/i12D2. The van der Waals surface area contributed by atoms with Crippen molar-refractivity contribution in [2.75, 3.05) is 6.61 Å². The molecule has 0 radical (unpaired) electrons. The van der Waals surface area contributed by atoms with E-state index >= 15 is 4.39 Å². The number of rotatable bonds is 6. The Kier molecular flexibility index (Phi) is 7.07. The number of ether oxygens (including phenoxy) is 2. The number of fused-ring (bicyclic) bond motifs is 3. The van der Waals surface area contributed by atoms with Crippen LogP contribution in [0.5, 0.6) is 5.75 Å². The zero-order chi connectivity index (χ0) is 32.1. The minimum absolute atomic E-state index is 0.00306. The van der Waals surface area contributed by atoms with E-state index in [1.807, 2.05) is 0 Å². The molecule has 0 aromatic carbocycles. The fraction of sp³-hybridized carbons (Fsp3) is 0.296. The van der Waals surface area contributed by atoms with Crippen LogP contribution >= 0.6 is 11.6 Å². The number of nitrogens with one attached hydrogen (secondary N) is 1. The van der Waals surface area contributed by atoms with Crippen molar-refractivity contribution in [1.82, 2.24) is 29.6 Å². The van der Waals surface area contributed by atoms with Crippen LogP contribution in [0.25, 0.3) is 11.5 Å². The van der Waals surface area contributed by atoms with Gasteiger partial charge in [-0.1, -0.05) is 11.6 Å². The number of pyridine rings is 3. The van der Waals surface area contributed by atoms with Gasteiger partial charge in [0.1, 0.15) is 34.5 Å². The lowest BCUT2D eigenvalue weighted by Gasteiger charge is -2.23. The Hall–Kier alpha value is -4.30. The second-order valence-electron chi connectivity index (χ2n) is 9.79.